The molecule has 1 aromatic carbocycles. The highest BCUT2D eigenvalue weighted by molar-refractivity contribution is 6.30. The average Bonchev–Trinajstić information content (AvgIpc) is 2.07. The summed E-state index contributed by atoms with van der Waals surface area (Å²) < 4.78 is 17.2. The Morgan fingerprint density at radius 1 is 1.58 bits per heavy atom. The van der Waals surface area contributed by atoms with Crippen molar-refractivity contribution in [3.8, 4) is 0 Å². The van der Waals surface area contributed by atoms with Gasteiger partial charge >= 0.3 is 0 Å². The molecular weight excluding hydrogens is 183 g/mol. The van der Waals surface area contributed by atoms with E-state index in [1.54, 1.807) is 0 Å². The largest absolute Gasteiger partial charge is 0.463 e. The Kier molecular flexibility index (Phi) is 3.05. The first-order valence-corrected chi connectivity index (χ1v) is 3.61. The quantitative estimate of drug-likeness (QED) is 0.680. The predicted octanol–water partition coefficient (Wildman–Crippen LogP) is 2.15. The van der Waals surface area contributed by atoms with Crippen LogP contribution in [0.25, 0.3) is 0 Å². The highest BCUT2D eigenvalue weighted by atomic mass is 35.5. The lowest BCUT2D eigenvalue weighted by atomic mass is 10.2. The Morgan fingerprint density at radius 3 is 3.00 bits per heavy atom. The molecule has 0 bridgehead atoms. The summed E-state index contributed by atoms with van der Waals surface area (Å²) in [5.74, 6) is -0.429. The number of halogens is 2. The van der Waals surface area contributed by atoms with Crippen LogP contribution in [0, 0.1) is 5.82 Å². The molecule has 0 atom stereocenters. The Morgan fingerprint density at radius 2 is 2.33 bits per heavy atom. The maximum atomic E-state index is 12.8. The van der Waals surface area contributed by atoms with Gasteiger partial charge in [0.25, 0.3) is 6.47 Å². The number of benzene rings is 1. The second-order valence-electron chi connectivity index (χ2n) is 2.14. The smallest absolute Gasteiger partial charge is 0.293 e. The van der Waals surface area contributed by atoms with Crippen LogP contribution in [0.1, 0.15) is 5.56 Å². The number of ether oxygens (including phenoxy) is 1. The van der Waals surface area contributed by atoms with E-state index >= 15 is 0 Å². The van der Waals surface area contributed by atoms with Crippen molar-refractivity contribution in [2.75, 3.05) is 0 Å². The lowest BCUT2D eigenvalue weighted by Gasteiger charge is -2.01. The molecule has 0 unspecified atom stereocenters. The molecule has 0 heterocycles. The molecule has 2 nitrogen and oxygen atoms in total. The van der Waals surface area contributed by atoms with Crippen LogP contribution in [-0.2, 0) is 16.1 Å². The van der Waals surface area contributed by atoms with E-state index in [9.17, 15) is 9.18 Å². The third kappa shape index (κ3) is 2.20. The van der Waals surface area contributed by atoms with E-state index in [4.69, 9.17) is 11.6 Å². The molecule has 1 aromatic rings. The highest BCUT2D eigenvalue weighted by Crippen LogP contribution is 2.15. The van der Waals surface area contributed by atoms with E-state index in [1.807, 2.05) is 0 Å². The monoisotopic (exact) mass is 188 g/mol. The van der Waals surface area contributed by atoms with Crippen molar-refractivity contribution < 1.29 is 13.9 Å². The van der Waals surface area contributed by atoms with Crippen molar-refractivity contribution in [2.45, 2.75) is 6.61 Å². The van der Waals surface area contributed by atoms with Gasteiger partial charge in [0.1, 0.15) is 12.4 Å². The average molecular weight is 189 g/mol. The molecule has 0 aliphatic carbocycles. The molecule has 12 heavy (non-hydrogen) atoms. The third-order valence-corrected chi connectivity index (χ3v) is 1.55. The van der Waals surface area contributed by atoms with Crippen LogP contribution in [0.15, 0.2) is 18.2 Å². The van der Waals surface area contributed by atoms with Gasteiger partial charge in [-0.2, -0.15) is 0 Å². The van der Waals surface area contributed by atoms with Crippen molar-refractivity contribution in [1.29, 1.82) is 0 Å². The van der Waals surface area contributed by atoms with Gasteiger partial charge < -0.3 is 4.74 Å². The van der Waals surface area contributed by atoms with Gasteiger partial charge in [0.05, 0.1) is 0 Å². The zero-order valence-electron chi connectivity index (χ0n) is 6.09. The fourth-order valence-corrected chi connectivity index (χ4v) is 0.972. The predicted molar refractivity (Wildman–Crippen MR) is 42.3 cm³/mol. The molecule has 0 saturated carbocycles. The molecule has 1 rings (SSSR count). The van der Waals surface area contributed by atoms with Crippen LogP contribution in [0.3, 0.4) is 0 Å². The van der Waals surface area contributed by atoms with Crippen LogP contribution in [0.4, 0.5) is 4.39 Å². The van der Waals surface area contributed by atoms with Gasteiger partial charge in [-0.25, -0.2) is 4.39 Å². The van der Waals surface area contributed by atoms with E-state index in [1.165, 1.54) is 18.2 Å². The van der Waals surface area contributed by atoms with E-state index in [-0.39, 0.29) is 18.6 Å². The van der Waals surface area contributed by atoms with Crippen LogP contribution in [0.2, 0.25) is 5.02 Å². The van der Waals surface area contributed by atoms with Gasteiger partial charge in [-0.3, -0.25) is 4.79 Å². The van der Waals surface area contributed by atoms with E-state index < -0.39 is 5.82 Å². The molecule has 0 aromatic heterocycles. The summed E-state index contributed by atoms with van der Waals surface area (Å²) in [5, 5.41) is 0.417. The van der Waals surface area contributed by atoms with E-state index in [2.05, 4.69) is 4.74 Å². The van der Waals surface area contributed by atoms with Gasteiger partial charge in [-0.15, -0.1) is 0 Å². The Hall–Kier alpha value is -1.09. The minimum absolute atomic E-state index is 0.0874. The van der Waals surface area contributed by atoms with Crippen molar-refractivity contribution >= 4 is 18.1 Å². The molecule has 0 saturated heterocycles. The molecule has 0 fully saturated rings. The van der Waals surface area contributed by atoms with Gasteiger partial charge in [0.15, 0.2) is 0 Å². The summed E-state index contributed by atoms with van der Waals surface area (Å²) >= 11 is 5.59. The summed E-state index contributed by atoms with van der Waals surface area (Å²) in [6, 6.07) is 4.08. The SMILES string of the molecule is O=COCc1cc(Cl)ccc1F. The Bertz CT molecular complexity index is 288. The van der Waals surface area contributed by atoms with Crippen LogP contribution >= 0.6 is 11.6 Å². The van der Waals surface area contributed by atoms with Gasteiger partial charge in [-0.05, 0) is 18.2 Å². The van der Waals surface area contributed by atoms with Crippen LogP contribution < -0.4 is 0 Å². The van der Waals surface area contributed by atoms with E-state index in [0.717, 1.165) is 0 Å². The fraction of sp³-hybridized carbons (Fsp3) is 0.125. The van der Waals surface area contributed by atoms with Crippen molar-refractivity contribution in [3.63, 3.8) is 0 Å². The first-order chi connectivity index (χ1) is 5.74. The topological polar surface area (TPSA) is 26.3 Å². The van der Waals surface area contributed by atoms with Crippen LogP contribution in [-0.4, -0.2) is 6.47 Å². The van der Waals surface area contributed by atoms with Crippen LogP contribution in [0.5, 0.6) is 0 Å². The zero-order chi connectivity index (χ0) is 8.97. The highest BCUT2D eigenvalue weighted by Gasteiger charge is 2.02. The fourth-order valence-electron chi connectivity index (χ4n) is 0.778. The first-order valence-electron chi connectivity index (χ1n) is 3.23. The summed E-state index contributed by atoms with van der Waals surface area (Å²) in [5.41, 5.74) is 0.273. The Balaban J connectivity index is 2.82. The summed E-state index contributed by atoms with van der Waals surface area (Å²) in [6.45, 7) is 0.177. The summed E-state index contributed by atoms with van der Waals surface area (Å²) in [7, 11) is 0. The second kappa shape index (κ2) is 4.07. The van der Waals surface area contributed by atoms with Gasteiger partial charge in [0.2, 0.25) is 0 Å². The Labute approximate surface area is 73.9 Å². The molecule has 0 aliphatic heterocycles. The van der Waals surface area contributed by atoms with Gasteiger partial charge in [-0.1, -0.05) is 11.6 Å². The first kappa shape index (κ1) is 9.00. The number of hydrogen-bond acceptors (Lipinski definition) is 2. The number of rotatable bonds is 3. The number of carbonyl (C=O) groups excluding carboxylic acids is 1. The molecule has 0 amide bonds. The normalized spacial score (nSPS) is 9.50. The van der Waals surface area contributed by atoms with Crippen molar-refractivity contribution in [3.05, 3.63) is 34.6 Å². The molecular formula is C8H6ClFO2. The summed E-state index contributed by atoms with van der Waals surface area (Å²) in [4.78, 5) is 9.80. The molecule has 0 spiro atoms. The van der Waals surface area contributed by atoms with Gasteiger partial charge in [0, 0.05) is 10.6 Å². The number of carbonyl (C=O) groups is 1. The standard InChI is InChI=1S/C8H6ClFO2/c9-7-1-2-8(10)6(3-7)4-12-5-11/h1-3,5H,4H2. The minimum atomic E-state index is -0.429. The van der Waals surface area contributed by atoms with E-state index in [0.29, 0.717) is 5.02 Å². The summed E-state index contributed by atoms with van der Waals surface area (Å²) in [6.07, 6.45) is 0. The number of hydrogen-bond donors (Lipinski definition) is 0. The second-order valence-corrected chi connectivity index (χ2v) is 2.58. The lowest BCUT2D eigenvalue weighted by Crippen LogP contribution is -1.93. The molecule has 64 valence electrons. The maximum Gasteiger partial charge on any atom is 0.293 e. The molecule has 0 N–H and O–H groups in total. The maximum absolute atomic E-state index is 12.8. The molecule has 0 aliphatic rings. The molecule has 0 radical (unpaired) electrons. The van der Waals surface area contributed by atoms with Crippen molar-refractivity contribution in [1.82, 2.24) is 0 Å². The lowest BCUT2D eigenvalue weighted by molar-refractivity contribution is -0.129. The third-order valence-electron chi connectivity index (χ3n) is 1.31. The molecule has 4 heteroatoms. The minimum Gasteiger partial charge on any atom is -0.463 e. The zero-order valence-corrected chi connectivity index (χ0v) is 6.84. The van der Waals surface area contributed by atoms with Crippen molar-refractivity contribution in [2.24, 2.45) is 0 Å².